The predicted molar refractivity (Wildman–Crippen MR) is 155 cm³/mol. The largest absolute Gasteiger partial charge is 0.497 e. The number of benzene rings is 4. The summed E-state index contributed by atoms with van der Waals surface area (Å²) >= 11 is 1.41. The summed E-state index contributed by atoms with van der Waals surface area (Å²) in [6.07, 6.45) is 0. The van der Waals surface area contributed by atoms with Gasteiger partial charge in [0.2, 0.25) is 10.0 Å². The highest BCUT2D eigenvalue weighted by molar-refractivity contribution is 7.89. The Morgan fingerprint density at radius 2 is 1.46 bits per heavy atom. The number of nitrogens with zero attached hydrogens (tertiary/aromatic N) is 3. The predicted octanol–water partition coefficient (Wildman–Crippen LogP) is 5.97. The van der Waals surface area contributed by atoms with Crippen LogP contribution < -0.4 is 9.64 Å². The van der Waals surface area contributed by atoms with E-state index in [1.165, 1.54) is 27.8 Å². The topological polar surface area (TPSA) is 79.8 Å². The monoisotopic (exact) mass is 557 g/mol. The number of hydrogen-bond donors (Lipinski definition) is 0. The van der Waals surface area contributed by atoms with Crippen molar-refractivity contribution in [3.05, 3.63) is 120 Å². The molecule has 0 spiro atoms. The second kappa shape index (κ2) is 11.4. The molecule has 198 valence electrons. The normalized spacial score (nSPS) is 11.6. The number of hydrogen-bond acceptors (Lipinski definition) is 6. The second-order valence-electron chi connectivity index (χ2n) is 8.98. The molecule has 0 unspecified atom stereocenters. The molecule has 4 aromatic carbocycles. The van der Waals surface area contributed by atoms with Crippen LogP contribution in [0.5, 0.6) is 5.75 Å². The van der Waals surface area contributed by atoms with Gasteiger partial charge in [-0.1, -0.05) is 72.0 Å². The van der Waals surface area contributed by atoms with Gasteiger partial charge in [0.05, 0.1) is 28.8 Å². The second-order valence-corrected chi connectivity index (χ2v) is 12.0. The number of carbonyl (C=O) groups excluding carboxylic acids is 1. The molecule has 0 aliphatic carbocycles. The van der Waals surface area contributed by atoms with E-state index >= 15 is 0 Å². The summed E-state index contributed by atoms with van der Waals surface area (Å²) in [4.78, 5) is 20.3. The number of anilines is 1. The lowest BCUT2D eigenvalue weighted by Crippen LogP contribution is -2.30. The van der Waals surface area contributed by atoms with E-state index in [0.717, 1.165) is 21.3 Å². The number of carbonyl (C=O) groups is 1. The van der Waals surface area contributed by atoms with Crippen molar-refractivity contribution in [3.63, 3.8) is 0 Å². The molecule has 0 atom stereocenters. The fourth-order valence-corrected chi connectivity index (χ4v) is 6.26. The third kappa shape index (κ3) is 5.85. The van der Waals surface area contributed by atoms with E-state index in [1.54, 1.807) is 31.2 Å². The summed E-state index contributed by atoms with van der Waals surface area (Å²) in [5.74, 6) is 0.417. The third-order valence-corrected chi connectivity index (χ3v) is 9.18. The first kappa shape index (κ1) is 26.6. The van der Waals surface area contributed by atoms with Crippen molar-refractivity contribution in [1.82, 2.24) is 9.29 Å². The van der Waals surface area contributed by atoms with Gasteiger partial charge in [-0.2, -0.15) is 4.31 Å². The van der Waals surface area contributed by atoms with Crippen molar-refractivity contribution in [2.24, 2.45) is 0 Å². The third-order valence-electron chi connectivity index (χ3n) is 6.30. The van der Waals surface area contributed by atoms with Crippen LogP contribution in [0.4, 0.5) is 5.13 Å². The van der Waals surface area contributed by atoms with Gasteiger partial charge >= 0.3 is 0 Å². The summed E-state index contributed by atoms with van der Waals surface area (Å²) in [5.41, 5.74) is 2.94. The molecular weight excluding hydrogens is 530 g/mol. The number of thiazole rings is 1. The molecule has 0 aliphatic rings. The molecule has 9 heteroatoms. The van der Waals surface area contributed by atoms with Gasteiger partial charge in [0.1, 0.15) is 5.75 Å². The van der Waals surface area contributed by atoms with E-state index in [-0.39, 0.29) is 17.3 Å². The highest BCUT2D eigenvalue weighted by atomic mass is 32.2. The van der Waals surface area contributed by atoms with E-state index in [9.17, 15) is 13.2 Å². The molecule has 1 heterocycles. The maximum absolute atomic E-state index is 13.8. The summed E-state index contributed by atoms with van der Waals surface area (Å²) in [5, 5.41) is 0.548. The SMILES string of the molecule is COc1ccc2sc(N(Cc3ccccc3)C(=O)c3ccc(S(=O)(=O)N(C)Cc4ccccc4)cc3)nc2c1. The zero-order chi connectivity index (χ0) is 27.4. The summed E-state index contributed by atoms with van der Waals surface area (Å²) in [6, 6.07) is 30.8. The fraction of sp³-hybridized carbons (Fsp3) is 0.133. The van der Waals surface area contributed by atoms with Gasteiger partial charge < -0.3 is 4.74 Å². The van der Waals surface area contributed by atoms with Crippen LogP contribution in [-0.4, -0.2) is 37.8 Å². The Morgan fingerprint density at radius 3 is 2.08 bits per heavy atom. The standard InChI is InChI=1S/C30H27N3O4S2/c1-32(20-22-9-5-3-6-10-22)39(35,36)26-16-13-24(14-17-26)29(34)33(21-23-11-7-4-8-12-23)30-31-27-19-25(37-2)15-18-28(27)38-30/h3-19H,20-21H2,1-2H3. The molecular formula is C30H27N3O4S2. The van der Waals surface area contributed by atoms with Crippen LogP contribution in [0.15, 0.2) is 108 Å². The van der Waals surface area contributed by atoms with E-state index in [0.29, 0.717) is 23.0 Å². The number of sulfonamides is 1. The lowest BCUT2D eigenvalue weighted by molar-refractivity contribution is 0.0985. The van der Waals surface area contributed by atoms with Gasteiger partial charge in [-0.3, -0.25) is 9.69 Å². The molecule has 5 aromatic rings. The Morgan fingerprint density at radius 1 is 0.846 bits per heavy atom. The summed E-state index contributed by atoms with van der Waals surface area (Å²) in [6.45, 7) is 0.563. The van der Waals surface area contributed by atoms with E-state index in [1.807, 2.05) is 78.9 Å². The Kier molecular flexibility index (Phi) is 7.74. The Balaban J connectivity index is 1.43. The fourth-order valence-electron chi connectivity index (χ4n) is 4.16. The Bertz CT molecular complexity index is 1690. The minimum absolute atomic E-state index is 0.124. The van der Waals surface area contributed by atoms with Gasteiger partial charge in [0.25, 0.3) is 5.91 Å². The molecule has 1 amide bonds. The number of fused-ring (bicyclic) bond motifs is 1. The van der Waals surface area contributed by atoms with Crippen molar-refractivity contribution >= 4 is 42.6 Å². The molecule has 39 heavy (non-hydrogen) atoms. The van der Waals surface area contributed by atoms with E-state index in [4.69, 9.17) is 9.72 Å². The lowest BCUT2D eigenvalue weighted by atomic mass is 10.1. The van der Waals surface area contributed by atoms with Crippen LogP contribution in [0.25, 0.3) is 10.2 Å². The van der Waals surface area contributed by atoms with Crippen LogP contribution in [0.3, 0.4) is 0 Å². The molecule has 0 radical (unpaired) electrons. The van der Waals surface area contributed by atoms with Crippen LogP contribution in [0.2, 0.25) is 0 Å². The molecule has 1 aromatic heterocycles. The maximum Gasteiger partial charge on any atom is 0.260 e. The van der Waals surface area contributed by atoms with Crippen LogP contribution in [0, 0.1) is 0 Å². The van der Waals surface area contributed by atoms with Crippen molar-refractivity contribution in [1.29, 1.82) is 0 Å². The van der Waals surface area contributed by atoms with E-state index in [2.05, 4.69) is 0 Å². The van der Waals surface area contributed by atoms with Crippen LogP contribution in [-0.2, 0) is 23.1 Å². The Labute approximate surface area is 232 Å². The first-order chi connectivity index (χ1) is 18.8. The Hall–Kier alpha value is -4.05. The molecule has 0 saturated heterocycles. The number of aromatic nitrogens is 1. The zero-order valence-electron chi connectivity index (χ0n) is 21.5. The number of rotatable bonds is 9. The number of amides is 1. The zero-order valence-corrected chi connectivity index (χ0v) is 23.2. The summed E-state index contributed by atoms with van der Waals surface area (Å²) in [7, 11) is -0.591. The van der Waals surface area contributed by atoms with Crippen molar-refractivity contribution in [2.75, 3.05) is 19.1 Å². The smallest absolute Gasteiger partial charge is 0.260 e. The first-order valence-electron chi connectivity index (χ1n) is 12.3. The van der Waals surface area contributed by atoms with Crippen LogP contribution in [0.1, 0.15) is 21.5 Å². The quantitative estimate of drug-likeness (QED) is 0.223. The maximum atomic E-state index is 13.8. The summed E-state index contributed by atoms with van der Waals surface area (Å²) < 4.78 is 33.9. The number of methoxy groups -OCH3 is 1. The van der Waals surface area contributed by atoms with Gasteiger partial charge in [0, 0.05) is 25.2 Å². The van der Waals surface area contributed by atoms with Crippen molar-refractivity contribution < 1.29 is 17.9 Å². The first-order valence-corrected chi connectivity index (χ1v) is 14.5. The van der Waals surface area contributed by atoms with Gasteiger partial charge in [-0.05, 0) is 47.5 Å². The number of ether oxygens (including phenoxy) is 1. The molecule has 0 fully saturated rings. The average molecular weight is 558 g/mol. The van der Waals surface area contributed by atoms with E-state index < -0.39 is 10.0 Å². The molecule has 5 rings (SSSR count). The lowest BCUT2D eigenvalue weighted by Gasteiger charge is -2.21. The molecule has 7 nitrogen and oxygen atoms in total. The molecule has 0 N–H and O–H groups in total. The van der Waals surface area contributed by atoms with Gasteiger partial charge in [-0.25, -0.2) is 13.4 Å². The van der Waals surface area contributed by atoms with Gasteiger partial charge in [-0.15, -0.1) is 0 Å². The highest BCUT2D eigenvalue weighted by Crippen LogP contribution is 2.33. The molecule has 0 aliphatic heterocycles. The molecule has 0 bridgehead atoms. The molecule has 0 saturated carbocycles. The van der Waals surface area contributed by atoms with Gasteiger partial charge in [0.15, 0.2) is 5.13 Å². The minimum Gasteiger partial charge on any atom is -0.497 e. The highest BCUT2D eigenvalue weighted by Gasteiger charge is 2.25. The van der Waals surface area contributed by atoms with Crippen molar-refractivity contribution in [2.45, 2.75) is 18.0 Å². The van der Waals surface area contributed by atoms with Crippen LogP contribution >= 0.6 is 11.3 Å². The average Bonchev–Trinajstić information content (AvgIpc) is 3.39. The minimum atomic E-state index is -3.74. The van der Waals surface area contributed by atoms with Crippen molar-refractivity contribution in [3.8, 4) is 5.75 Å².